The highest BCUT2D eigenvalue weighted by Crippen LogP contribution is 2.41. The Bertz CT molecular complexity index is 588. The van der Waals surface area contributed by atoms with Crippen LogP contribution < -0.4 is 0 Å². The summed E-state index contributed by atoms with van der Waals surface area (Å²) in [7, 11) is 0. The van der Waals surface area contributed by atoms with Gasteiger partial charge < -0.3 is 5.11 Å². The van der Waals surface area contributed by atoms with Crippen molar-refractivity contribution in [3.05, 3.63) is 33.4 Å². The van der Waals surface area contributed by atoms with E-state index in [1.54, 1.807) is 12.1 Å². The first-order valence-corrected chi connectivity index (χ1v) is 6.67. The first kappa shape index (κ1) is 15.2. The summed E-state index contributed by atoms with van der Waals surface area (Å²) in [5, 5.41) is 13.5. The molecule has 0 radical (unpaired) electrons. The molecule has 1 aromatic carbocycles. The molecule has 108 valence electrons. The number of carbonyl (C=O) groups is 1. The van der Waals surface area contributed by atoms with Crippen molar-refractivity contribution in [3.63, 3.8) is 0 Å². The summed E-state index contributed by atoms with van der Waals surface area (Å²) in [4.78, 5) is 12.2. The van der Waals surface area contributed by atoms with Crippen LogP contribution in [0.2, 0.25) is 0 Å². The molecule has 1 heterocycles. The lowest BCUT2D eigenvalue weighted by Crippen LogP contribution is -2.56. The van der Waals surface area contributed by atoms with Gasteiger partial charge in [0.25, 0.3) is 11.6 Å². The smallest absolute Gasteiger partial charge is 0.362 e. The number of alkyl halides is 3. The summed E-state index contributed by atoms with van der Waals surface area (Å²) in [5.74, 6) is -0.980. The highest BCUT2D eigenvalue weighted by molar-refractivity contribution is 14.1. The van der Waals surface area contributed by atoms with Gasteiger partial charge in [-0.1, -0.05) is 12.1 Å². The van der Waals surface area contributed by atoms with E-state index in [9.17, 15) is 23.1 Å². The molecular formula is C12H10F3IN2O2. The molecule has 1 amide bonds. The van der Waals surface area contributed by atoms with Crippen molar-refractivity contribution in [2.75, 3.05) is 0 Å². The number of nitrogens with zero attached hydrogens (tertiary/aromatic N) is 2. The van der Waals surface area contributed by atoms with E-state index in [-0.39, 0.29) is 16.3 Å². The summed E-state index contributed by atoms with van der Waals surface area (Å²) >= 11 is 1.84. The monoisotopic (exact) mass is 398 g/mol. The normalized spacial score (nSPS) is 22.9. The zero-order valence-corrected chi connectivity index (χ0v) is 12.4. The number of carbonyl (C=O) groups excluding carboxylic acids is 1. The van der Waals surface area contributed by atoms with Crippen molar-refractivity contribution in [2.45, 2.75) is 25.2 Å². The lowest BCUT2D eigenvalue weighted by molar-refractivity contribution is -0.297. The van der Waals surface area contributed by atoms with Gasteiger partial charge in [0.2, 0.25) is 0 Å². The van der Waals surface area contributed by atoms with Gasteiger partial charge in [0.1, 0.15) is 0 Å². The quantitative estimate of drug-likeness (QED) is 0.740. The highest BCUT2D eigenvalue weighted by atomic mass is 127. The molecule has 1 N–H and O–H groups in total. The second kappa shape index (κ2) is 4.99. The van der Waals surface area contributed by atoms with E-state index in [0.29, 0.717) is 3.57 Å². The van der Waals surface area contributed by atoms with Gasteiger partial charge >= 0.3 is 6.18 Å². The van der Waals surface area contributed by atoms with Crippen LogP contribution in [0.15, 0.2) is 29.4 Å². The van der Waals surface area contributed by atoms with Crippen molar-refractivity contribution in [1.29, 1.82) is 0 Å². The molecule has 1 aliphatic rings. The number of hydrazone groups is 1. The standard InChI is InChI=1S/C12H10F3IN2O2/c1-7-6-11(20,12(13,14)15)18(17-7)10(19)8-4-2-3-5-9(8)16/h2-5,20H,6H2,1H3. The van der Waals surface area contributed by atoms with Crippen LogP contribution in [-0.4, -0.2) is 33.6 Å². The van der Waals surface area contributed by atoms with E-state index >= 15 is 0 Å². The van der Waals surface area contributed by atoms with Crippen molar-refractivity contribution in [3.8, 4) is 0 Å². The van der Waals surface area contributed by atoms with Crippen LogP contribution in [0, 0.1) is 3.57 Å². The number of hydrogen-bond acceptors (Lipinski definition) is 3. The second-order valence-corrected chi connectivity index (χ2v) is 5.59. The number of rotatable bonds is 1. The van der Waals surface area contributed by atoms with E-state index in [1.165, 1.54) is 19.1 Å². The topological polar surface area (TPSA) is 52.9 Å². The van der Waals surface area contributed by atoms with Gasteiger partial charge in [0, 0.05) is 15.7 Å². The number of hydrogen-bond donors (Lipinski definition) is 1. The van der Waals surface area contributed by atoms with E-state index in [1.807, 2.05) is 22.6 Å². The van der Waals surface area contributed by atoms with Crippen LogP contribution in [0.25, 0.3) is 0 Å². The Hall–Kier alpha value is -1.16. The largest absolute Gasteiger partial charge is 0.438 e. The Morgan fingerprint density at radius 2 is 2.05 bits per heavy atom. The van der Waals surface area contributed by atoms with Gasteiger partial charge in [-0.3, -0.25) is 4.79 Å². The number of amides is 1. The maximum Gasteiger partial charge on any atom is 0.438 e. The van der Waals surface area contributed by atoms with Crippen molar-refractivity contribution in [1.82, 2.24) is 5.01 Å². The molecule has 0 saturated carbocycles. The maximum absolute atomic E-state index is 13.0. The second-order valence-electron chi connectivity index (χ2n) is 4.42. The molecular weight excluding hydrogens is 388 g/mol. The molecule has 1 aliphatic heterocycles. The zero-order chi connectivity index (χ0) is 15.1. The van der Waals surface area contributed by atoms with E-state index in [2.05, 4.69) is 5.10 Å². The Morgan fingerprint density at radius 3 is 2.60 bits per heavy atom. The highest BCUT2D eigenvalue weighted by Gasteiger charge is 2.62. The Morgan fingerprint density at radius 1 is 1.45 bits per heavy atom. The van der Waals surface area contributed by atoms with E-state index in [4.69, 9.17) is 0 Å². The van der Waals surface area contributed by atoms with E-state index < -0.39 is 24.2 Å². The number of aliphatic hydroxyl groups is 1. The predicted octanol–water partition coefficient (Wildman–Crippen LogP) is 2.76. The molecule has 0 aliphatic carbocycles. The minimum atomic E-state index is -4.98. The third-order valence-electron chi connectivity index (χ3n) is 2.87. The van der Waals surface area contributed by atoms with Crippen LogP contribution in [0.4, 0.5) is 13.2 Å². The number of benzene rings is 1. The van der Waals surface area contributed by atoms with Gasteiger partial charge in [0.05, 0.1) is 5.56 Å². The van der Waals surface area contributed by atoms with Crippen LogP contribution in [0.3, 0.4) is 0 Å². The average molecular weight is 398 g/mol. The molecule has 0 saturated heterocycles. The number of halogens is 4. The van der Waals surface area contributed by atoms with Gasteiger partial charge in [0.15, 0.2) is 0 Å². The summed E-state index contributed by atoms with van der Waals surface area (Å²) in [6.07, 6.45) is -5.73. The Balaban J connectivity index is 2.45. The fourth-order valence-corrected chi connectivity index (χ4v) is 2.52. The molecule has 4 nitrogen and oxygen atoms in total. The minimum absolute atomic E-state index is 0.0455. The first-order valence-electron chi connectivity index (χ1n) is 5.59. The van der Waals surface area contributed by atoms with Crippen molar-refractivity contribution >= 4 is 34.2 Å². The molecule has 0 aromatic heterocycles. The molecule has 1 aromatic rings. The maximum atomic E-state index is 13.0. The van der Waals surface area contributed by atoms with Crippen LogP contribution >= 0.6 is 22.6 Å². The summed E-state index contributed by atoms with van der Waals surface area (Å²) in [6.45, 7) is 1.33. The molecule has 2 rings (SSSR count). The van der Waals surface area contributed by atoms with Gasteiger partial charge in [-0.15, -0.1) is 0 Å². The SMILES string of the molecule is CC1=NN(C(=O)c2ccccc2I)C(O)(C(F)(F)F)C1. The summed E-state index contributed by atoms with van der Waals surface area (Å²) < 4.78 is 39.6. The summed E-state index contributed by atoms with van der Waals surface area (Å²) in [5.41, 5.74) is -3.18. The summed E-state index contributed by atoms with van der Waals surface area (Å²) in [6, 6.07) is 6.18. The van der Waals surface area contributed by atoms with Crippen LogP contribution in [0.5, 0.6) is 0 Å². The Kier molecular flexibility index (Phi) is 3.80. The molecule has 0 bridgehead atoms. The third-order valence-corrected chi connectivity index (χ3v) is 3.81. The molecule has 1 unspecified atom stereocenters. The van der Waals surface area contributed by atoms with Crippen LogP contribution in [0.1, 0.15) is 23.7 Å². The Labute approximate surface area is 126 Å². The molecule has 0 spiro atoms. The van der Waals surface area contributed by atoms with Gasteiger partial charge in [-0.05, 0) is 41.6 Å². The van der Waals surface area contributed by atoms with Gasteiger partial charge in [-0.2, -0.15) is 23.3 Å². The fraction of sp³-hybridized carbons (Fsp3) is 0.333. The van der Waals surface area contributed by atoms with Crippen molar-refractivity contribution < 1.29 is 23.1 Å². The molecule has 0 fully saturated rings. The van der Waals surface area contributed by atoms with Gasteiger partial charge in [-0.25, -0.2) is 0 Å². The fourth-order valence-electron chi connectivity index (χ4n) is 1.90. The minimum Gasteiger partial charge on any atom is -0.362 e. The molecule has 8 heteroatoms. The lowest BCUT2D eigenvalue weighted by Gasteiger charge is -2.32. The third kappa shape index (κ3) is 2.41. The molecule has 1 atom stereocenters. The molecule has 20 heavy (non-hydrogen) atoms. The lowest BCUT2D eigenvalue weighted by atomic mass is 10.1. The van der Waals surface area contributed by atoms with E-state index in [0.717, 1.165) is 0 Å². The zero-order valence-electron chi connectivity index (χ0n) is 10.3. The average Bonchev–Trinajstić information content (AvgIpc) is 2.65. The predicted molar refractivity (Wildman–Crippen MR) is 74.1 cm³/mol. The first-order chi connectivity index (χ1) is 9.17. The van der Waals surface area contributed by atoms with Crippen LogP contribution in [-0.2, 0) is 0 Å². The van der Waals surface area contributed by atoms with Crippen molar-refractivity contribution in [2.24, 2.45) is 5.10 Å².